The quantitative estimate of drug-likeness (QED) is 0.851. The molecule has 5 heteroatoms. The summed E-state index contributed by atoms with van der Waals surface area (Å²) in [6.07, 6.45) is 3.50. The zero-order valence-electron chi connectivity index (χ0n) is 12.2. The van der Waals surface area contributed by atoms with Gasteiger partial charge in [0, 0.05) is 19.7 Å². The predicted molar refractivity (Wildman–Crippen MR) is 78.8 cm³/mol. The Bertz CT molecular complexity index is 603. The molecule has 0 radical (unpaired) electrons. The van der Waals surface area contributed by atoms with Gasteiger partial charge in [-0.05, 0) is 42.7 Å². The molecule has 0 N–H and O–H groups in total. The zero-order chi connectivity index (χ0) is 15.4. The van der Waals surface area contributed by atoms with Crippen LogP contribution in [0.2, 0.25) is 0 Å². The second-order valence-electron chi connectivity index (χ2n) is 5.42. The van der Waals surface area contributed by atoms with Crippen LogP contribution in [-0.4, -0.2) is 30.1 Å². The molecule has 1 fully saturated rings. The monoisotopic (exact) mass is 303 g/mol. The van der Waals surface area contributed by atoms with Crippen LogP contribution in [0.1, 0.15) is 29.0 Å². The molecule has 1 atom stereocenters. The molecular formula is C17H18FNO3. The molecule has 0 aliphatic carbocycles. The van der Waals surface area contributed by atoms with E-state index in [2.05, 4.69) is 0 Å². The zero-order valence-corrected chi connectivity index (χ0v) is 12.2. The molecule has 1 aromatic heterocycles. The first-order chi connectivity index (χ1) is 10.7. The number of halogens is 1. The van der Waals surface area contributed by atoms with Crippen molar-refractivity contribution in [3.8, 4) is 0 Å². The fourth-order valence-electron chi connectivity index (χ4n) is 2.62. The fourth-order valence-corrected chi connectivity index (χ4v) is 2.62. The molecule has 1 amide bonds. The highest BCUT2D eigenvalue weighted by Gasteiger charge is 2.24. The predicted octanol–water partition coefficient (Wildman–Crippen LogP) is 3.24. The Morgan fingerprint density at radius 1 is 1.27 bits per heavy atom. The van der Waals surface area contributed by atoms with Crippen molar-refractivity contribution in [2.45, 2.75) is 25.5 Å². The molecule has 116 valence electrons. The van der Waals surface area contributed by atoms with Gasteiger partial charge in [-0.15, -0.1) is 0 Å². The third-order valence-corrected chi connectivity index (χ3v) is 3.75. The largest absolute Gasteiger partial charge is 0.459 e. The summed E-state index contributed by atoms with van der Waals surface area (Å²) < 4.78 is 23.8. The average molecular weight is 303 g/mol. The van der Waals surface area contributed by atoms with Gasteiger partial charge in [-0.1, -0.05) is 12.1 Å². The SMILES string of the molecule is O=C(c1ccco1)N(Cc1ccc(F)cc1)CC1CCCO1. The van der Waals surface area contributed by atoms with Crippen molar-refractivity contribution in [1.29, 1.82) is 0 Å². The lowest BCUT2D eigenvalue weighted by Crippen LogP contribution is -2.36. The molecule has 1 unspecified atom stereocenters. The van der Waals surface area contributed by atoms with Crippen molar-refractivity contribution in [2.75, 3.05) is 13.2 Å². The maximum atomic E-state index is 13.0. The molecule has 3 rings (SSSR count). The summed E-state index contributed by atoms with van der Waals surface area (Å²) in [7, 11) is 0. The summed E-state index contributed by atoms with van der Waals surface area (Å²) >= 11 is 0. The van der Waals surface area contributed by atoms with Crippen molar-refractivity contribution in [2.24, 2.45) is 0 Å². The van der Waals surface area contributed by atoms with Crippen LogP contribution in [-0.2, 0) is 11.3 Å². The lowest BCUT2D eigenvalue weighted by molar-refractivity contribution is 0.0484. The lowest BCUT2D eigenvalue weighted by Gasteiger charge is -2.24. The van der Waals surface area contributed by atoms with Crippen LogP contribution in [0.5, 0.6) is 0 Å². The summed E-state index contributed by atoms with van der Waals surface area (Å²) in [6, 6.07) is 9.51. The Labute approximate surface area is 128 Å². The first-order valence-corrected chi connectivity index (χ1v) is 7.41. The average Bonchev–Trinajstić information content (AvgIpc) is 3.21. The summed E-state index contributed by atoms with van der Waals surface area (Å²) in [5.41, 5.74) is 0.874. The van der Waals surface area contributed by atoms with E-state index < -0.39 is 0 Å². The smallest absolute Gasteiger partial charge is 0.289 e. The normalized spacial score (nSPS) is 17.6. The molecule has 1 aliphatic heterocycles. The van der Waals surface area contributed by atoms with Gasteiger partial charge in [0.15, 0.2) is 5.76 Å². The van der Waals surface area contributed by atoms with Crippen LogP contribution in [0, 0.1) is 5.82 Å². The summed E-state index contributed by atoms with van der Waals surface area (Å²) in [4.78, 5) is 14.3. The minimum Gasteiger partial charge on any atom is -0.459 e. The molecule has 1 aromatic carbocycles. The van der Waals surface area contributed by atoms with Crippen LogP contribution in [0.4, 0.5) is 4.39 Å². The molecule has 0 spiro atoms. The first-order valence-electron chi connectivity index (χ1n) is 7.41. The van der Waals surface area contributed by atoms with Gasteiger partial charge < -0.3 is 14.1 Å². The Morgan fingerprint density at radius 3 is 2.73 bits per heavy atom. The number of carbonyl (C=O) groups is 1. The molecule has 2 aromatic rings. The highest BCUT2D eigenvalue weighted by atomic mass is 19.1. The minimum atomic E-state index is -0.285. The number of rotatable bonds is 5. The third kappa shape index (κ3) is 3.54. The molecule has 0 saturated carbocycles. The van der Waals surface area contributed by atoms with E-state index in [0.29, 0.717) is 18.8 Å². The lowest BCUT2D eigenvalue weighted by atomic mass is 10.1. The standard InChI is InChI=1S/C17H18FNO3/c18-14-7-5-13(6-8-14)11-19(12-15-3-1-9-21-15)17(20)16-4-2-10-22-16/h2,4-8,10,15H,1,3,9,11-12H2. The van der Waals surface area contributed by atoms with Crippen LogP contribution >= 0.6 is 0 Å². The van der Waals surface area contributed by atoms with Gasteiger partial charge in [-0.25, -0.2) is 4.39 Å². The molecule has 4 nitrogen and oxygen atoms in total. The number of amides is 1. The van der Waals surface area contributed by atoms with Crippen molar-refractivity contribution in [3.63, 3.8) is 0 Å². The van der Waals surface area contributed by atoms with Crippen LogP contribution in [0.15, 0.2) is 47.1 Å². The second-order valence-corrected chi connectivity index (χ2v) is 5.42. The van der Waals surface area contributed by atoms with Gasteiger partial charge in [0.1, 0.15) is 5.82 Å². The number of hydrogen-bond acceptors (Lipinski definition) is 3. The van der Waals surface area contributed by atoms with E-state index in [-0.39, 0.29) is 17.8 Å². The summed E-state index contributed by atoms with van der Waals surface area (Å²) in [5.74, 6) is -0.156. The number of hydrogen-bond donors (Lipinski definition) is 0. The molecule has 0 bridgehead atoms. The number of benzene rings is 1. The van der Waals surface area contributed by atoms with E-state index >= 15 is 0 Å². The number of ether oxygens (including phenoxy) is 1. The Kier molecular flexibility index (Phi) is 4.53. The second kappa shape index (κ2) is 6.75. The number of nitrogens with zero attached hydrogens (tertiary/aromatic N) is 1. The fraction of sp³-hybridized carbons (Fsp3) is 0.353. The van der Waals surface area contributed by atoms with Gasteiger partial charge in [-0.2, -0.15) is 0 Å². The highest BCUT2D eigenvalue weighted by molar-refractivity contribution is 5.91. The summed E-state index contributed by atoms with van der Waals surface area (Å²) in [6.45, 7) is 1.65. The van der Waals surface area contributed by atoms with E-state index in [4.69, 9.17) is 9.15 Å². The Morgan fingerprint density at radius 2 is 2.09 bits per heavy atom. The number of carbonyl (C=O) groups excluding carboxylic acids is 1. The first kappa shape index (κ1) is 14.8. The molecular weight excluding hydrogens is 285 g/mol. The van der Waals surface area contributed by atoms with Crippen LogP contribution in [0.25, 0.3) is 0 Å². The Balaban J connectivity index is 1.75. The molecule has 1 saturated heterocycles. The molecule has 1 aliphatic rings. The number of furan rings is 1. The van der Waals surface area contributed by atoms with E-state index in [9.17, 15) is 9.18 Å². The van der Waals surface area contributed by atoms with Gasteiger partial charge >= 0.3 is 0 Å². The van der Waals surface area contributed by atoms with Crippen molar-refractivity contribution in [1.82, 2.24) is 4.90 Å². The molecule has 22 heavy (non-hydrogen) atoms. The van der Waals surface area contributed by atoms with Crippen molar-refractivity contribution in [3.05, 3.63) is 59.8 Å². The maximum absolute atomic E-state index is 13.0. The van der Waals surface area contributed by atoms with Gasteiger partial charge in [-0.3, -0.25) is 4.79 Å². The van der Waals surface area contributed by atoms with E-state index in [1.807, 2.05) is 0 Å². The van der Waals surface area contributed by atoms with Gasteiger partial charge in [0.2, 0.25) is 0 Å². The van der Waals surface area contributed by atoms with Gasteiger partial charge in [0.25, 0.3) is 5.91 Å². The van der Waals surface area contributed by atoms with E-state index in [1.54, 1.807) is 29.2 Å². The highest BCUT2D eigenvalue weighted by Crippen LogP contribution is 2.17. The molecule has 2 heterocycles. The third-order valence-electron chi connectivity index (χ3n) is 3.75. The van der Waals surface area contributed by atoms with Gasteiger partial charge in [0.05, 0.1) is 12.4 Å². The minimum absolute atomic E-state index is 0.0550. The van der Waals surface area contributed by atoms with E-state index in [0.717, 1.165) is 25.0 Å². The Hall–Kier alpha value is -2.14. The van der Waals surface area contributed by atoms with Crippen LogP contribution in [0.3, 0.4) is 0 Å². The van der Waals surface area contributed by atoms with Crippen molar-refractivity contribution >= 4 is 5.91 Å². The van der Waals surface area contributed by atoms with Crippen molar-refractivity contribution < 1.29 is 18.3 Å². The summed E-state index contributed by atoms with van der Waals surface area (Å²) in [5, 5.41) is 0. The van der Waals surface area contributed by atoms with Crippen LogP contribution < -0.4 is 0 Å². The maximum Gasteiger partial charge on any atom is 0.289 e. The topological polar surface area (TPSA) is 42.7 Å². The van der Waals surface area contributed by atoms with E-state index in [1.165, 1.54) is 18.4 Å².